The van der Waals surface area contributed by atoms with Crippen LogP contribution in [0.25, 0.3) is 0 Å². The molecule has 2 N–H and O–H groups in total. The van der Waals surface area contributed by atoms with E-state index in [2.05, 4.69) is 32.9 Å². The molecule has 9 heteroatoms. The first-order valence-corrected chi connectivity index (χ1v) is 9.28. The smallest absolute Gasteiger partial charge is 0.211 e. The maximum absolute atomic E-state index is 11.4. The molecule has 1 aromatic heterocycles. The summed E-state index contributed by atoms with van der Waals surface area (Å²) in [6.45, 7) is 0.486. The zero-order chi connectivity index (χ0) is 14.9. The molecule has 0 bridgehead atoms. The number of aromatic nitrogens is 1. The number of piperidine rings is 1. The van der Waals surface area contributed by atoms with Gasteiger partial charge in [-0.05, 0) is 35.1 Å². The van der Waals surface area contributed by atoms with Crippen LogP contribution < -0.4 is 5.32 Å². The molecule has 0 saturated carbocycles. The van der Waals surface area contributed by atoms with E-state index in [1.807, 2.05) is 0 Å². The second kappa shape index (κ2) is 6.30. The average Bonchev–Trinajstić information content (AvgIpc) is 2.35. The molecule has 20 heavy (non-hydrogen) atoms. The Kier molecular flexibility index (Phi) is 5.11. The number of pyridine rings is 1. The molecule has 0 radical (unpaired) electrons. The van der Waals surface area contributed by atoms with Crippen molar-refractivity contribution < 1.29 is 13.5 Å². The molecule has 2 unspecified atom stereocenters. The van der Waals surface area contributed by atoms with Gasteiger partial charge in [-0.1, -0.05) is 11.6 Å². The standard InChI is InChI=1S/C11H15ClIN3O3S/c1-20(18,19)16-3-2-9(10(17)6-16)15-11-4-8(13)7(12)5-14-11/h4-5,9-10,17H,2-3,6H2,1H3,(H,14,15). The van der Waals surface area contributed by atoms with E-state index in [1.165, 1.54) is 4.31 Å². The number of nitrogens with one attached hydrogen (secondary N) is 1. The Morgan fingerprint density at radius 3 is 2.85 bits per heavy atom. The van der Waals surface area contributed by atoms with Crippen molar-refractivity contribution in [1.82, 2.24) is 9.29 Å². The number of β-amino-alcohol motifs (C(OH)–C–C–N with tert-alkyl or cyclic N) is 1. The first-order chi connectivity index (χ1) is 9.27. The molecule has 2 atom stereocenters. The van der Waals surface area contributed by atoms with E-state index in [0.29, 0.717) is 23.8 Å². The van der Waals surface area contributed by atoms with Crippen molar-refractivity contribution in [3.8, 4) is 0 Å². The largest absolute Gasteiger partial charge is 0.390 e. The Morgan fingerprint density at radius 2 is 2.30 bits per heavy atom. The fourth-order valence-electron chi connectivity index (χ4n) is 2.06. The van der Waals surface area contributed by atoms with Crippen LogP contribution in [0.3, 0.4) is 0 Å². The van der Waals surface area contributed by atoms with Crippen molar-refractivity contribution in [3.63, 3.8) is 0 Å². The summed E-state index contributed by atoms with van der Waals surface area (Å²) < 4.78 is 25.0. The van der Waals surface area contributed by atoms with Gasteiger partial charge in [-0.2, -0.15) is 4.31 Å². The molecule has 2 heterocycles. The highest BCUT2D eigenvalue weighted by Gasteiger charge is 2.31. The topological polar surface area (TPSA) is 82.5 Å². The van der Waals surface area contributed by atoms with Gasteiger partial charge in [0.2, 0.25) is 10.0 Å². The van der Waals surface area contributed by atoms with E-state index >= 15 is 0 Å². The SMILES string of the molecule is CS(=O)(=O)N1CCC(Nc2cc(I)c(Cl)cn2)C(O)C1. The Bertz CT molecular complexity index is 599. The maximum atomic E-state index is 11.4. The zero-order valence-electron chi connectivity index (χ0n) is 10.8. The molecular weight excluding hydrogens is 417 g/mol. The lowest BCUT2D eigenvalue weighted by Crippen LogP contribution is -2.51. The van der Waals surface area contributed by atoms with Crippen molar-refractivity contribution in [2.45, 2.75) is 18.6 Å². The van der Waals surface area contributed by atoms with Gasteiger partial charge < -0.3 is 10.4 Å². The Balaban J connectivity index is 2.03. The molecule has 0 amide bonds. The van der Waals surface area contributed by atoms with Crippen LogP contribution in [-0.2, 0) is 10.0 Å². The molecule has 112 valence electrons. The molecule has 0 aromatic carbocycles. The third-order valence-electron chi connectivity index (χ3n) is 3.16. The Hall–Kier alpha value is -0.160. The predicted molar refractivity (Wildman–Crippen MR) is 86.4 cm³/mol. The Morgan fingerprint density at radius 1 is 1.60 bits per heavy atom. The zero-order valence-corrected chi connectivity index (χ0v) is 14.5. The van der Waals surface area contributed by atoms with Gasteiger partial charge in [0.05, 0.1) is 23.4 Å². The minimum atomic E-state index is -3.26. The van der Waals surface area contributed by atoms with Crippen molar-refractivity contribution in [3.05, 3.63) is 20.9 Å². The molecule has 6 nitrogen and oxygen atoms in total. The summed E-state index contributed by atoms with van der Waals surface area (Å²) in [6.07, 6.45) is 2.45. The van der Waals surface area contributed by atoms with E-state index < -0.39 is 16.1 Å². The number of hydrogen-bond acceptors (Lipinski definition) is 5. The third-order valence-corrected chi connectivity index (χ3v) is 5.94. The Labute approximate surface area is 136 Å². The van der Waals surface area contributed by atoms with Crippen LogP contribution in [0.1, 0.15) is 6.42 Å². The van der Waals surface area contributed by atoms with Crippen LogP contribution in [-0.4, -0.2) is 54.3 Å². The van der Waals surface area contributed by atoms with Gasteiger partial charge in [-0.3, -0.25) is 0 Å². The molecule has 1 saturated heterocycles. The number of anilines is 1. The highest BCUT2D eigenvalue weighted by Crippen LogP contribution is 2.22. The van der Waals surface area contributed by atoms with Crippen LogP contribution >= 0.6 is 34.2 Å². The molecule has 0 aliphatic carbocycles. The second-order valence-electron chi connectivity index (χ2n) is 4.71. The quantitative estimate of drug-likeness (QED) is 0.702. The van der Waals surface area contributed by atoms with Crippen molar-refractivity contribution in [2.75, 3.05) is 24.7 Å². The number of hydrogen-bond donors (Lipinski definition) is 2. The molecule has 2 rings (SSSR count). The van der Waals surface area contributed by atoms with E-state index in [1.54, 1.807) is 12.3 Å². The molecule has 1 aromatic rings. The summed E-state index contributed by atoms with van der Waals surface area (Å²) in [5.74, 6) is 0.621. The summed E-state index contributed by atoms with van der Waals surface area (Å²) in [5, 5.41) is 13.8. The molecule has 1 fully saturated rings. The van der Waals surface area contributed by atoms with Gasteiger partial charge >= 0.3 is 0 Å². The van der Waals surface area contributed by atoms with Crippen LogP contribution in [0.5, 0.6) is 0 Å². The summed E-state index contributed by atoms with van der Waals surface area (Å²) in [7, 11) is -3.26. The van der Waals surface area contributed by atoms with Gasteiger partial charge in [0, 0.05) is 22.9 Å². The molecule has 1 aliphatic heterocycles. The summed E-state index contributed by atoms with van der Waals surface area (Å²) >= 11 is 8.00. The number of nitrogens with zero attached hydrogens (tertiary/aromatic N) is 2. The van der Waals surface area contributed by atoms with Crippen LogP contribution in [0.4, 0.5) is 5.82 Å². The minimum absolute atomic E-state index is 0.0984. The van der Waals surface area contributed by atoms with E-state index in [4.69, 9.17) is 11.6 Å². The summed E-state index contributed by atoms with van der Waals surface area (Å²) in [4.78, 5) is 4.14. The van der Waals surface area contributed by atoms with Crippen LogP contribution in [0.2, 0.25) is 5.02 Å². The molecular formula is C11H15ClIN3O3S. The lowest BCUT2D eigenvalue weighted by atomic mass is 10.0. The number of sulfonamides is 1. The summed E-state index contributed by atoms with van der Waals surface area (Å²) in [6, 6.07) is 1.57. The van der Waals surface area contributed by atoms with Crippen molar-refractivity contribution in [2.24, 2.45) is 0 Å². The first kappa shape index (κ1) is 16.2. The highest BCUT2D eigenvalue weighted by atomic mass is 127. The fourth-order valence-corrected chi connectivity index (χ4v) is 3.45. The number of aliphatic hydroxyl groups is 1. The number of rotatable bonds is 3. The fraction of sp³-hybridized carbons (Fsp3) is 0.545. The number of aliphatic hydroxyl groups excluding tert-OH is 1. The minimum Gasteiger partial charge on any atom is -0.390 e. The van der Waals surface area contributed by atoms with E-state index in [0.717, 1.165) is 9.83 Å². The van der Waals surface area contributed by atoms with E-state index in [-0.39, 0.29) is 12.6 Å². The lowest BCUT2D eigenvalue weighted by molar-refractivity contribution is 0.0952. The highest BCUT2D eigenvalue weighted by molar-refractivity contribution is 14.1. The average molecular weight is 432 g/mol. The van der Waals surface area contributed by atoms with Crippen molar-refractivity contribution in [1.29, 1.82) is 0 Å². The second-order valence-corrected chi connectivity index (χ2v) is 8.26. The van der Waals surface area contributed by atoms with Gasteiger partial charge in [-0.25, -0.2) is 13.4 Å². The molecule has 1 aliphatic rings. The van der Waals surface area contributed by atoms with Gasteiger partial charge in [-0.15, -0.1) is 0 Å². The lowest BCUT2D eigenvalue weighted by Gasteiger charge is -2.35. The normalized spacial score (nSPS) is 24.6. The van der Waals surface area contributed by atoms with Gasteiger partial charge in [0.1, 0.15) is 5.82 Å². The third kappa shape index (κ3) is 3.94. The van der Waals surface area contributed by atoms with Crippen LogP contribution in [0.15, 0.2) is 12.3 Å². The summed E-state index contributed by atoms with van der Waals surface area (Å²) in [5.41, 5.74) is 0. The van der Waals surface area contributed by atoms with Gasteiger partial charge in [0.25, 0.3) is 0 Å². The first-order valence-electron chi connectivity index (χ1n) is 5.98. The van der Waals surface area contributed by atoms with Crippen molar-refractivity contribution >= 4 is 50.0 Å². The van der Waals surface area contributed by atoms with Gasteiger partial charge in [0.15, 0.2) is 0 Å². The van der Waals surface area contributed by atoms with E-state index in [9.17, 15) is 13.5 Å². The predicted octanol–water partition coefficient (Wildman–Crippen LogP) is 1.15. The maximum Gasteiger partial charge on any atom is 0.211 e. The number of halogens is 2. The monoisotopic (exact) mass is 431 g/mol. The van der Waals surface area contributed by atoms with Crippen LogP contribution in [0, 0.1) is 3.57 Å². The molecule has 0 spiro atoms.